The van der Waals surface area contributed by atoms with Crippen molar-refractivity contribution in [2.75, 3.05) is 37.8 Å². The van der Waals surface area contributed by atoms with Crippen molar-refractivity contribution in [1.82, 2.24) is 4.90 Å². The Labute approximate surface area is 133 Å². The smallest absolute Gasteiger partial charge is 0.397 e. The summed E-state index contributed by atoms with van der Waals surface area (Å²) in [6.07, 6.45) is -0.508. The van der Waals surface area contributed by atoms with Crippen molar-refractivity contribution < 1.29 is 17.9 Å². The van der Waals surface area contributed by atoms with Crippen LogP contribution >= 0.6 is 0 Å². The van der Waals surface area contributed by atoms with Crippen LogP contribution in [0.3, 0.4) is 0 Å². The zero-order chi connectivity index (χ0) is 17.0. The second-order valence-electron chi connectivity index (χ2n) is 5.51. The molecule has 1 aromatic carbocycles. The molecule has 1 aliphatic rings. The number of ether oxygens (including phenoxy) is 1. The zero-order valence-corrected chi connectivity index (χ0v) is 13.1. The number of rotatable bonds is 5. The van der Waals surface area contributed by atoms with Gasteiger partial charge in [-0.15, -0.1) is 13.2 Å². The van der Waals surface area contributed by atoms with Crippen LogP contribution in [0.25, 0.3) is 5.57 Å². The van der Waals surface area contributed by atoms with Gasteiger partial charge in [0.05, 0.1) is 18.0 Å². The first-order chi connectivity index (χ1) is 10.7. The van der Waals surface area contributed by atoms with Crippen LogP contribution in [0, 0.1) is 0 Å². The largest absolute Gasteiger partial charge is 0.522 e. The van der Waals surface area contributed by atoms with Crippen molar-refractivity contribution in [2.45, 2.75) is 13.3 Å². The highest BCUT2D eigenvalue weighted by atomic mass is 19.4. The molecule has 126 valence electrons. The summed E-state index contributed by atoms with van der Waals surface area (Å²) in [6, 6.07) is 5.46. The summed E-state index contributed by atoms with van der Waals surface area (Å²) in [5, 5.41) is 2.88. The van der Waals surface area contributed by atoms with Crippen molar-refractivity contribution in [1.29, 1.82) is 0 Å². The number of allylic oxidation sites excluding steroid dienone is 2. The Hall–Kier alpha value is -2.15. The number of likely N-dealkylation sites (N-methyl/N-ethyl adjacent to an activating group) is 1. The molecule has 1 heterocycles. The molecule has 0 radical (unpaired) electrons. The Kier molecular flexibility index (Phi) is 5.20. The van der Waals surface area contributed by atoms with Crippen LogP contribution in [0.1, 0.15) is 12.5 Å². The third-order valence-corrected chi connectivity index (χ3v) is 3.33. The van der Waals surface area contributed by atoms with E-state index in [4.69, 9.17) is 5.73 Å². The molecule has 7 heteroatoms. The molecule has 0 saturated carbocycles. The van der Waals surface area contributed by atoms with E-state index in [1.807, 2.05) is 25.4 Å². The summed E-state index contributed by atoms with van der Waals surface area (Å²) in [4.78, 5) is 2.07. The van der Waals surface area contributed by atoms with Gasteiger partial charge in [-0.05, 0) is 30.2 Å². The van der Waals surface area contributed by atoms with E-state index in [9.17, 15) is 13.2 Å². The van der Waals surface area contributed by atoms with Gasteiger partial charge in [-0.1, -0.05) is 17.7 Å². The molecule has 2 rings (SSSR count). The fourth-order valence-electron chi connectivity index (χ4n) is 2.42. The zero-order valence-electron chi connectivity index (χ0n) is 13.1. The van der Waals surface area contributed by atoms with Crippen molar-refractivity contribution in [3.05, 3.63) is 41.6 Å². The third kappa shape index (κ3) is 5.21. The van der Waals surface area contributed by atoms with Gasteiger partial charge in [0.2, 0.25) is 0 Å². The molecule has 0 atom stereocenters. The minimum Gasteiger partial charge on any atom is -0.397 e. The molecule has 1 aliphatic heterocycles. The lowest BCUT2D eigenvalue weighted by Gasteiger charge is -2.22. The Morgan fingerprint density at radius 3 is 2.74 bits per heavy atom. The number of nitrogens with two attached hydrogens (primary N) is 1. The number of nitrogens with zero attached hydrogens (tertiary/aromatic N) is 1. The second-order valence-corrected chi connectivity index (χ2v) is 5.51. The van der Waals surface area contributed by atoms with E-state index in [1.54, 1.807) is 6.07 Å². The summed E-state index contributed by atoms with van der Waals surface area (Å²) in [5.41, 5.74) is 10.2. The van der Waals surface area contributed by atoms with Crippen molar-refractivity contribution >= 4 is 16.9 Å². The van der Waals surface area contributed by atoms with Gasteiger partial charge in [0.15, 0.2) is 0 Å². The van der Waals surface area contributed by atoms with Crippen LogP contribution in [-0.2, 0) is 4.74 Å². The number of anilines is 2. The molecular formula is C16H20F3N3O. The van der Waals surface area contributed by atoms with Crippen LogP contribution in [-0.4, -0.2) is 38.0 Å². The van der Waals surface area contributed by atoms with Crippen molar-refractivity contribution in [3.63, 3.8) is 0 Å². The first kappa shape index (κ1) is 17.2. The maximum Gasteiger partial charge on any atom is 0.522 e. The number of nitrogen functional groups attached to an aromatic ring is 1. The van der Waals surface area contributed by atoms with Crippen LogP contribution in [0.15, 0.2) is 36.0 Å². The molecule has 1 aromatic rings. The number of hydrogen-bond donors (Lipinski definition) is 2. The molecule has 4 nitrogen and oxygen atoms in total. The maximum atomic E-state index is 11.9. The van der Waals surface area contributed by atoms with Crippen molar-refractivity contribution in [3.8, 4) is 0 Å². The summed E-state index contributed by atoms with van der Waals surface area (Å²) >= 11 is 0. The minimum atomic E-state index is -4.62. The Morgan fingerprint density at radius 1 is 1.35 bits per heavy atom. The van der Waals surface area contributed by atoms with E-state index >= 15 is 0 Å². The Balaban J connectivity index is 2.07. The van der Waals surface area contributed by atoms with Crippen LogP contribution in [0.5, 0.6) is 0 Å². The standard InChI is InChI=1S/C16H20F3N3O/c1-11-7-13(10-22(2)9-11)12-3-4-14(20)15(8-12)21-5-6-23-16(17,18)19/h3-4,7-8,10,21H,5-6,9,20H2,1-2H3. The van der Waals surface area contributed by atoms with Gasteiger partial charge in [-0.3, -0.25) is 4.74 Å². The lowest BCUT2D eigenvalue weighted by Crippen LogP contribution is -2.19. The van der Waals surface area contributed by atoms with E-state index in [0.717, 1.165) is 17.7 Å². The molecule has 0 amide bonds. The molecule has 3 N–H and O–H groups in total. The van der Waals surface area contributed by atoms with Crippen LogP contribution in [0.4, 0.5) is 24.5 Å². The normalized spacial score (nSPS) is 15.3. The Bertz CT molecular complexity index is 623. The fraction of sp³-hybridized carbons (Fsp3) is 0.375. The Morgan fingerprint density at radius 2 is 2.09 bits per heavy atom. The van der Waals surface area contributed by atoms with Gasteiger partial charge in [0, 0.05) is 26.3 Å². The van der Waals surface area contributed by atoms with E-state index in [1.165, 1.54) is 5.57 Å². The average molecular weight is 327 g/mol. The first-order valence-electron chi connectivity index (χ1n) is 7.18. The molecule has 0 spiro atoms. The second kappa shape index (κ2) is 6.95. The van der Waals surface area contributed by atoms with Gasteiger partial charge in [-0.25, -0.2) is 0 Å². The average Bonchev–Trinajstić information content (AvgIpc) is 2.43. The number of halogens is 3. The lowest BCUT2D eigenvalue weighted by molar-refractivity contribution is -0.322. The molecule has 0 bridgehead atoms. The van der Waals surface area contributed by atoms with Gasteiger partial charge in [0.25, 0.3) is 0 Å². The van der Waals surface area contributed by atoms with Crippen molar-refractivity contribution in [2.24, 2.45) is 0 Å². The first-order valence-corrected chi connectivity index (χ1v) is 7.18. The summed E-state index contributed by atoms with van der Waals surface area (Å²) < 4.78 is 39.6. The summed E-state index contributed by atoms with van der Waals surface area (Å²) in [5.74, 6) is 0. The summed E-state index contributed by atoms with van der Waals surface area (Å²) in [6.45, 7) is 2.46. The van der Waals surface area contributed by atoms with E-state index in [2.05, 4.69) is 28.0 Å². The topological polar surface area (TPSA) is 50.5 Å². The molecule has 0 fully saturated rings. The molecule has 23 heavy (non-hydrogen) atoms. The van der Waals surface area contributed by atoms with E-state index in [-0.39, 0.29) is 6.54 Å². The number of alkyl halides is 3. The van der Waals surface area contributed by atoms with Gasteiger partial charge in [-0.2, -0.15) is 0 Å². The highest BCUT2D eigenvalue weighted by Crippen LogP contribution is 2.28. The predicted molar refractivity (Wildman–Crippen MR) is 85.7 cm³/mol. The maximum absolute atomic E-state index is 11.9. The highest BCUT2D eigenvalue weighted by molar-refractivity contribution is 5.80. The molecule has 0 aromatic heterocycles. The van der Waals surface area contributed by atoms with Gasteiger partial charge >= 0.3 is 6.36 Å². The molecule has 0 unspecified atom stereocenters. The molecule has 0 saturated heterocycles. The van der Waals surface area contributed by atoms with E-state index in [0.29, 0.717) is 11.4 Å². The highest BCUT2D eigenvalue weighted by Gasteiger charge is 2.28. The quantitative estimate of drug-likeness (QED) is 0.642. The van der Waals surface area contributed by atoms with Gasteiger partial charge in [0.1, 0.15) is 0 Å². The lowest BCUT2D eigenvalue weighted by atomic mass is 10.0. The molecular weight excluding hydrogens is 307 g/mol. The number of benzene rings is 1. The third-order valence-electron chi connectivity index (χ3n) is 3.33. The van der Waals surface area contributed by atoms with E-state index < -0.39 is 13.0 Å². The number of hydrogen-bond acceptors (Lipinski definition) is 4. The monoisotopic (exact) mass is 327 g/mol. The molecule has 0 aliphatic carbocycles. The predicted octanol–water partition coefficient (Wildman–Crippen LogP) is 3.45. The van der Waals surface area contributed by atoms with Gasteiger partial charge < -0.3 is 16.0 Å². The number of nitrogens with one attached hydrogen (secondary N) is 1. The SMILES string of the molecule is CC1=CC(c2ccc(N)c(NCCOC(F)(F)F)c2)=CN(C)C1. The fourth-order valence-corrected chi connectivity index (χ4v) is 2.42. The summed E-state index contributed by atoms with van der Waals surface area (Å²) in [7, 11) is 1.99. The van der Waals surface area contributed by atoms with Crippen LogP contribution < -0.4 is 11.1 Å². The minimum absolute atomic E-state index is 0.0149. The van der Waals surface area contributed by atoms with Crippen LogP contribution in [0.2, 0.25) is 0 Å².